The lowest BCUT2D eigenvalue weighted by Gasteiger charge is -2.09. The zero-order valence-corrected chi connectivity index (χ0v) is 13.2. The van der Waals surface area contributed by atoms with Crippen molar-refractivity contribution < 1.29 is 4.52 Å². The predicted octanol–water partition coefficient (Wildman–Crippen LogP) is 4.36. The molecule has 1 fully saturated rings. The molecule has 2 heterocycles. The summed E-state index contributed by atoms with van der Waals surface area (Å²) in [7, 11) is 0. The van der Waals surface area contributed by atoms with E-state index >= 15 is 0 Å². The van der Waals surface area contributed by atoms with Crippen LogP contribution in [0, 0.1) is 0 Å². The topological polar surface area (TPSA) is 51.0 Å². The zero-order chi connectivity index (χ0) is 13.9. The van der Waals surface area contributed by atoms with Gasteiger partial charge in [0.15, 0.2) is 5.82 Å². The molecule has 0 amide bonds. The van der Waals surface area contributed by atoms with Gasteiger partial charge in [0.25, 0.3) is 5.89 Å². The number of hydrogen-bond acceptors (Lipinski definition) is 4. The third-order valence-corrected chi connectivity index (χ3v) is 4.30. The molecule has 2 aromatic rings. The maximum atomic E-state index is 6.19. The molecule has 1 saturated heterocycles. The molecule has 1 aliphatic heterocycles. The molecule has 1 aliphatic rings. The number of rotatable bonds is 2. The van der Waals surface area contributed by atoms with Crippen LogP contribution in [0.25, 0.3) is 11.5 Å². The number of hydrogen-bond donors (Lipinski definition) is 1. The van der Waals surface area contributed by atoms with E-state index in [4.69, 9.17) is 16.1 Å². The molecule has 1 N–H and O–H groups in total. The first-order valence-electron chi connectivity index (χ1n) is 6.76. The van der Waals surface area contributed by atoms with E-state index in [9.17, 15) is 0 Å². The molecule has 4 nitrogen and oxygen atoms in total. The van der Waals surface area contributed by atoms with E-state index in [1.165, 1.54) is 19.3 Å². The molecule has 1 unspecified atom stereocenters. The Morgan fingerprint density at radius 3 is 3.10 bits per heavy atom. The van der Waals surface area contributed by atoms with E-state index in [0.717, 1.165) is 28.8 Å². The van der Waals surface area contributed by atoms with E-state index in [0.29, 0.717) is 10.9 Å². The monoisotopic (exact) mass is 355 g/mol. The second-order valence-electron chi connectivity index (χ2n) is 4.94. The van der Waals surface area contributed by atoms with Crippen LogP contribution in [0.2, 0.25) is 5.02 Å². The van der Waals surface area contributed by atoms with Crippen molar-refractivity contribution >= 4 is 27.5 Å². The van der Waals surface area contributed by atoms with Gasteiger partial charge in [0.1, 0.15) is 0 Å². The predicted molar refractivity (Wildman–Crippen MR) is 81.7 cm³/mol. The quantitative estimate of drug-likeness (QED) is 0.868. The van der Waals surface area contributed by atoms with Crippen molar-refractivity contribution in [2.45, 2.75) is 31.7 Å². The van der Waals surface area contributed by atoms with Gasteiger partial charge >= 0.3 is 0 Å². The van der Waals surface area contributed by atoms with Gasteiger partial charge in [-0.3, -0.25) is 0 Å². The Labute approximate surface area is 131 Å². The number of halogens is 2. The van der Waals surface area contributed by atoms with Gasteiger partial charge in [0.2, 0.25) is 0 Å². The molecule has 6 heteroatoms. The first-order valence-corrected chi connectivity index (χ1v) is 7.93. The highest BCUT2D eigenvalue weighted by atomic mass is 79.9. The van der Waals surface area contributed by atoms with Gasteiger partial charge in [0.05, 0.1) is 16.6 Å². The van der Waals surface area contributed by atoms with Crippen molar-refractivity contribution in [2.75, 3.05) is 6.54 Å². The minimum atomic E-state index is 0.181. The van der Waals surface area contributed by atoms with Crippen molar-refractivity contribution in [1.29, 1.82) is 0 Å². The second kappa shape index (κ2) is 6.24. The zero-order valence-electron chi connectivity index (χ0n) is 10.9. The molecule has 3 rings (SSSR count). The summed E-state index contributed by atoms with van der Waals surface area (Å²) in [6.45, 7) is 1.01. The highest BCUT2D eigenvalue weighted by Crippen LogP contribution is 2.31. The normalized spacial score (nSPS) is 19.8. The average molecular weight is 357 g/mol. The summed E-state index contributed by atoms with van der Waals surface area (Å²) in [6.07, 6.45) is 4.70. The largest absolute Gasteiger partial charge is 0.334 e. The van der Waals surface area contributed by atoms with E-state index < -0.39 is 0 Å². The fourth-order valence-electron chi connectivity index (χ4n) is 2.40. The molecule has 1 aromatic heterocycles. The van der Waals surface area contributed by atoms with E-state index in [-0.39, 0.29) is 6.04 Å². The minimum absolute atomic E-state index is 0.181. The number of nitrogens with one attached hydrogen (secondary N) is 1. The summed E-state index contributed by atoms with van der Waals surface area (Å²) < 4.78 is 6.31. The number of benzene rings is 1. The molecule has 0 saturated carbocycles. The molecular formula is C14H15BrClN3O. The lowest BCUT2D eigenvalue weighted by molar-refractivity contribution is 0.402. The molecule has 0 aliphatic carbocycles. The maximum Gasteiger partial charge on any atom is 0.259 e. The molecule has 0 bridgehead atoms. The SMILES string of the molecule is Clc1ccc(Br)cc1-c1nc(C2CCCCCN2)no1. The third-order valence-electron chi connectivity index (χ3n) is 3.47. The molecule has 20 heavy (non-hydrogen) atoms. The van der Waals surface area contributed by atoms with Crippen LogP contribution in [0.15, 0.2) is 27.2 Å². The highest BCUT2D eigenvalue weighted by molar-refractivity contribution is 9.10. The van der Waals surface area contributed by atoms with Crippen LogP contribution >= 0.6 is 27.5 Å². The summed E-state index contributed by atoms with van der Waals surface area (Å²) >= 11 is 9.61. The van der Waals surface area contributed by atoms with Crippen molar-refractivity contribution in [1.82, 2.24) is 15.5 Å². The third kappa shape index (κ3) is 3.05. The Balaban J connectivity index is 1.87. The molecule has 0 radical (unpaired) electrons. The van der Waals surface area contributed by atoms with E-state index in [2.05, 4.69) is 31.4 Å². The van der Waals surface area contributed by atoms with Crippen LogP contribution in [-0.2, 0) is 0 Å². The van der Waals surface area contributed by atoms with Crippen LogP contribution in [-0.4, -0.2) is 16.7 Å². The Morgan fingerprint density at radius 1 is 1.30 bits per heavy atom. The molecular weight excluding hydrogens is 342 g/mol. The summed E-state index contributed by atoms with van der Waals surface area (Å²) in [4.78, 5) is 4.50. The van der Waals surface area contributed by atoms with Crippen LogP contribution in [0.4, 0.5) is 0 Å². The van der Waals surface area contributed by atoms with Gasteiger partial charge in [0, 0.05) is 4.47 Å². The van der Waals surface area contributed by atoms with Gasteiger partial charge in [-0.05, 0) is 37.6 Å². The van der Waals surface area contributed by atoms with Crippen molar-refractivity contribution in [3.05, 3.63) is 33.5 Å². The fourth-order valence-corrected chi connectivity index (χ4v) is 2.96. The molecule has 106 valence electrons. The Hall–Kier alpha value is -0.910. The van der Waals surface area contributed by atoms with E-state index in [1.807, 2.05) is 18.2 Å². The Bertz CT molecular complexity index is 594. The highest BCUT2D eigenvalue weighted by Gasteiger charge is 2.20. The maximum absolute atomic E-state index is 6.19. The summed E-state index contributed by atoms with van der Waals surface area (Å²) in [6, 6.07) is 5.77. The van der Waals surface area contributed by atoms with Crippen molar-refractivity contribution in [3.8, 4) is 11.5 Å². The molecule has 1 atom stereocenters. The van der Waals surface area contributed by atoms with Gasteiger partial charge in [-0.15, -0.1) is 0 Å². The van der Waals surface area contributed by atoms with Gasteiger partial charge < -0.3 is 9.84 Å². The van der Waals surface area contributed by atoms with Crippen molar-refractivity contribution in [3.63, 3.8) is 0 Å². The second-order valence-corrected chi connectivity index (χ2v) is 6.26. The van der Waals surface area contributed by atoms with Crippen LogP contribution in [0.3, 0.4) is 0 Å². The van der Waals surface area contributed by atoms with E-state index in [1.54, 1.807) is 0 Å². The number of nitrogens with zero attached hydrogens (tertiary/aromatic N) is 2. The summed E-state index contributed by atoms with van der Waals surface area (Å²) in [5, 5.41) is 8.18. The summed E-state index contributed by atoms with van der Waals surface area (Å²) in [5.41, 5.74) is 0.758. The fraction of sp³-hybridized carbons (Fsp3) is 0.429. The summed E-state index contributed by atoms with van der Waals surface area (Å²) in [5.74, 6) is 1.19. The van der Waals surface area contributed by atoms with Crippen LogP contribution in [0.1, 0.15) is 37.5 Å². The first kappa shape index (κ1) is 14.0. The lowest BCUT2D eigenvalue weighted by Crippen LogP contribution is -2.21. The standard InChI is InChI=1S/C14H15BrClN3O/c15-9-5-6-11(16)10(8-9)14-18-13(19-20-14)12-4-2-1-3-7-17-12/h5-6,8,12,17H,1-4,7H2. The Morgan fingerprint density at radius 2 is 2.20 bits per heavy atom. The molecule has 1 aromatic carbocycles. The van der Waals surface area contributed by atoms with Crippen LogP contribution < -0.4 is 5.32 Å². The van der Waals surface area contributed by atoms with Gasteiger partial charge in [-0.2, -0.15) is 4.98 Å². The van der Waals surface area contributed by atoms with Crippen molar-refractivity contribution in [2.24, 2.45) is 0 Å². The average Bonchev–Trinajstić information content (AvgIpc) is 2.77. The minimum Gasteiger partial charge on any atom is -0.334 e. The van der Waals surface area contributed by atoms with Gasteiger partial charge in [-0.25, -0.2) is 0 Å². The smallest absolute Gasteiger partial charge is 0.259 e. The first-order chi connectivity index (χ1) is 9.74. The lowest BCUT2D eigenvalue weighted by atomic mass is 10.1. The number of aromatic nitrogens is 2. The Kier molecular flexibility index (Phi) is 4.38. The molecule has 0 spiro atoms. The van der Waals surface area contributed by atoms with Gasteiger partial charge in [-0.1, -0.05) is 45.5 Å². The van der Waals surface area contributed by atoms with Crippen LogP contribution in [0.5, 0.6) is 0 Å².